The summed E-state index contributed by atoms with van der Waals surface area (Å²) in [7, 11) is 2.57. The number of halogens is 3. The van der Waals surface area contributed by atoms with Crippen molar-refractivity contribution in [2.75, 3.05) is 38.8 Å². The number of rotatable bonds is 6. The molecule has 1 heterocycles. The van der Waals surface area contributed by atoms with E-state index in [1.165, 1.54) is 14.2 Å². The number of methoxy groups -OCH3 is 2. The van der Waals surface area contributed by atoms with Crippen molar-refractivity contribution in [3.63, 3.8) is 0 Å². The number of alkyl halides is 3. The number of ether oxygens (including phenoxy) is 2. The van der Waals surface area contributed by atoms with E-state index in [1.807, 2.05) is 0 Å². The Hall–Kier alpha value is -1.84. The highest BCUT2D eigenvalue weighted by molar-refractivity contribution is 5.32. The van der Waals surface area contributed by atoms with E-state index < -0.39 is 12.7 Å². The molecule has 0 aliphatic rings. The van der Waals surface area contributed by atoms with Crippen LogP contribution in [0.1, 0.15) is 0 Å². The van der Waals surface area contributed by atoms with Crippen LogP contribution in [0.2, 0.25) is 0 Å². The minimum absolute atomic E-state index is 0.0202. The number of nitrogens with two attached hydrogens (primary N) is 1. The van der Waals surface area contributed by atoms with Gasteiger partial charge in [0.25, 0.3) is 0 Å². The topological polar surface area (TPSA) is 86.4 Å². The molecule has 0 saturated carbocycles. The van der Waals surface area contributed by atoms with Crippen molar-refractivity contribution >= 4 is 5.95 Å². The predicted octanol–water partition coefficient (Wildman–Crippen LogP) is 0.216. The molecule has 10 heteroatoms. The van der Waals surface area contributed by atoms with Crippen molar-refractivity contribution in [2.24, 2.45) is 5.73 Å². The zero-order valence-electron chi connectivity index (χ0n) is 10.4. The lowest BCUT2D eigenvalue weighted by Crippen LogP contribution is -2.38. The molecule has 0 fully saturated rings. The second kappa shape index (κ2) is 6.36. The average Bonchev–Trinajstić information content (AvgIpc) is 2.36. The predicted molar refractivity (Wildman–Crippen MR) is 60.3 cm³/mol. The normalized spacial score (nSPS) is 11.3. The van der Waals surface area contributed by atoms with E-state index in [4.69, 9.17) is 15.2 Å². The van der Waals surface area contributed by atoms with Crippen LogP contribution in [0.15, 0.2) is 0 Å². The first-order valence-corrected chi connectivity index (χ1v) is 5.25. The lowest BCUT2D eigenvalue weighted by Gasteiger charge is -2.23. The summed E-state index contributed by atoms with van der Waals surface area (Å²) in [6.45, 7) is -1.26. The molecule has 1 aromatic heterocycles. The molecule has 1 aromatic rings. The fraction of sp³-hybridized carbons (Fsp3) is 0.667. The molecule has 2 N–H and O–H groups in total. The fourth-order valence-electron chi connectivity index (χ4n) is 1.27. The highest BCUT2D eigenvalue weighted by Gasteiger charge is 2.32. The van der Waals surface area contributed by atoms with Crippen molar-refractivity contribution in [1.82, 2.24) is 15.0 Å². The van der Waals surface area contributed by atoms with Crippen molar-refractivity contribution in [3.05, 3.63) is 0 Å². The van der Waals surface area contributed by atoms with Crippen molar-refractivity contribution in [1.29, 1.82) is 0 Å². The lowest BCUT2D eigenvalue weighted by molar-refractivity contribution is -0.119. The van der Waals surface area contributed by atoms with Gasteiger partial charge in [0, 0.05) is 13.1 Å². The van der Waals surface area contributed by atoms with Crippen LogP contribution in [0.4, 0.5) is 19.1 Å². The Morgan fingerprint density at radius 2 is 1.63 bits per heavy atom. The van der Waals surface area contributed by atoms with Gasteiger partial charge in [-0.15, -0.1) is 4.98 Å². The van der Waals surface area contributed by atoms with Gasteiger partial charge < -0.3 is 20.1 Å². The molecule has 0 aliphatic heterocycles. The van der Waals surface area contributed by atoms with E-state index in [-0.39, 0.29) is 31.1 Å². The van der Waals surface area contributed by atoms with E-state index in [9.17, 15) is 13.2 Å². The quantitative estimate of drug-likeness (QED) is 0.798. The number of nitrogens with zero attached hydrogens (tertiary/aromatic N) is 4. The summed E-state index contributed by atoms with van der Waals surface area (Å²) in [5.74, 6) is -0.202. The molecule has 0 unspecified atom stereocenters. The minimum atomic E-state index is -4.40. The van der Waals surface area contributed by atoms with Crippen LogP contribution in [-0.2, 0) is 0 Å². The zero-order chi connectivity index (χ0) is 14.5. The van der Waals surface area contributed by atoms with Crippen molar-refractivity contribution in [2.45, 2.75) is 6.18 Å². The lowest BCUT2D eigenvalue weighted by atomic mass is 10.5. The number of hydrogen-bond donors (Lipinski definition) is 1. The Kier molecular flexibility index (Phi) is 5.10. The van der Waals surface area contributed by atoms with E-state index >= 15 is 0 Å². The summed E-state index contributed by atoms with van der Waals surface area (Å²) in [6, 6.07) is -0.267. The molecule has 0 atom stereocenters. The summed E-state index contributed by atoms with van der Waals surface area (Å²) in [5, 5.41) is 0. The number of anilines is 1. The highest BCUT2D eigenvalue weighted by atomic mass is 19.4. The van der Waals surface area contributed by atoms with Crippen LogP contribution in [-0.4, -0.2) is 55.0 Å². The van der Waals surface area contributed by atoms with Gasteiger partial charge >= 0.3 is 18.2 Å². The van der Waals surface area contributed by atoms with Crippen LogP contribution >= 0.6 is 0 Å². The molecular weight excluding hydrogens is 267 g/mol. The molecule has 0 spiro atoms. The standard InChI is InChI=1S/C9H14F3N5O2/c1-18-7-14-6(15-8(16-7)19-2)17(4-3-13)5-9(10,11)12/h3-5,13H2,1-2H3. The second-order valence-corrected chi connectivity index (χ2v) is 3.43. The molecule has 19 heavy (non-hydrogen) atoms. The van der Waals surface area contributed by atoms with Crippen LogP contribution in [0.3, 0.4) is 0 Å². The average molecular weight is 281 g/mol. The molecule has 7 nitrogen and oxygen atoms in total. The molecule has 0 aliphatic carbocycles. The molecule has 0 amide bonds. The third-order valence-electron chi connectivity index (χ3n) is 2.00. The first-order valence-electron chi connectivity index (χ1n) is 5.25. The van der Waals surface area contributed by atoms with E-state index in [1.54, 1.807) is 0 Å². The Labute approximate surface area is 107 Å². The maximum Gasteiger partial charge on any atom is 0.406 e. The highest BCUT2D eigenvalue weighted by Crippen LogP contribution is 2.21. The summed E-state index contributed by atoms with van der Waals surface area (Å²) >= 11 is 0. The van der Waals surface area contributed by atoms with Crippen LogP contribution < -0.4 is 20.1 Å². The van der Waals surface area contributed by atoms with Gasteiger partial charge in [-0.05, 0) is 0 Å². The van der Waals surface area contributed by atoms with Crippen molar-refractivity contribution < 1.29 is 22.6 Å². The maximum atomic E-state index is 12.5. The minimum Gasteiger partial charge on any atom is -0.467 e. The number of hydrogen-bond acceptors (Lipinski definition) is 7. The summed E-state index contributed by atoms with van der Waals surface area (Å²) in [6.07, 6.45) is -4.40. The van der Waals surface area contributed by atoms with E-state index in [2.05, 4.69) is 15.0 Å². The first kappa shape index (κ1) is 15.2. The smallest absolute Gasteiger partial charge is 0.406 e. The Morgan fingerprint density at radius 1 is 1.11 bits per heavy atom. The van der Waals surface area contributed by atoms with Crippen LogP contribution in [0.5, 0.6) is 12.0 Å². The Balaban J connectivity index is 3.06. The molecule has 0 saturated heterocycles. The van der Waals surface area contributed by atoms with E-state index in [0.29, 0.717) is 0 Å². The first-order chi connectivity index (χ1) is 8.89. The van der Waals surface area contributed by atoms with Gasteiger partial charge in [-0.2, -0.15) is 23.1 Å². The molecule has 0 bridgehead atoms. The largest absolute Gasteiger partial charge is 0.467 e. The van der Waals surface area contributed by atoms with Gasteiger partial charge in [-0.3, -0.25) is 0 Å². The number of aromatic nitrogens is 3. The monoisotopic (exact) mass is 281 g/mol. The molecule has 0 aromatic carbocycles. The summed E-state index contributed by atoms with van der Waals surface area (Å²) in [5.41, 5.74) is 5.28. The van der Waals surface area contributed by atoms with Gasteiger partial charge in [0.05, 0.1) is 14.2 Å². The van der Waals surface area contributed by atoms with Gasteiger partial charge in [0.1, 0.15) is 6.54 Å². The van der Waals surface area contributed by atoms with Gasteiger partial charge in [0.15, 0.2) is 0 Å². The molecular formula is C9H14F3N5O2. The molecule has 108 valence electrons. The molecule has 1 rings (SSSR count). The van der Waals surface area contributed by atoms with Gasteiger partial charge in [-0.25, -0.2) is 0 Å². The SMILES string of the molecule is COc1nc(OC)nc(N(CCN)CC(F)(F)F)n1. The third kappa shape index (κ3) is 4.73. The van der Waals surface area contributed by atoms with E-state index in [0.717, 1.165) is 4.90 Å². The maximum absolute atomic E-state index is 12.5. The summed E-state index contributed by atoms with van der Waals surface area (Å²) in [4.78, 5) is 12.1. The van der Waals surface area contributed by atoms with Gasteiger partial charge in [-0.1, -0.05) is 0 Å². The van der Waals surface area contributed by atoms with Crippen LogP contribution in [0.25, 0.3) is 0 Å². The molecule has 0 radical (unpaired) electrons. The Bertz CT molecular complexity index is 393. The Morgan fingerprint density at radius 3 is 2.00 bits per heavy atom. The fourth-order valence-corrected chi connectivity index (χ4v) is 1.27. The van der Waals surface area contributed by atoms with Crippen molar-refractivity contribution in [3.8, 4) is 12.0 Å². The summed E-state index contributed by atoms with van der Waals surface area (Å²) < 4.78 is 46.9. The van der Waals surface area contributed by atoms with Crippen LogP contribution in [0, 0.1) is 0 Å². The zero-order valence-corrected chi connectivity index (χ0v) is 10.4. The van der Waals surface area contributed by atoms with Gasteiger partial charge in [0.2, 0.25) is 5.95 Å². The third-order valence-corrected chi connectivity index (χ3v) is 2.00. The second-order valence-electron chi connectivity index (χ2n) is 3.43.